The molecule has 1 aliphatic rings. The minimum absolute atomic E-state index is 0.0924. The molecular formula is C25H24N2O3. The number of nitrogens with zero attached hydrogens (tertiary/aromatic N) is 1. The summed E-state index contributed by atoms with van der Waals surface area (Å²) >= 11 is 0. The van der Waals surface area contributed by atoms with Crippen LogP contribution >= 0.6 is 0 Å². The topological polar surface area (TPSA) is 66.5 Å². The lowest BCUT2D eigenvalue weighted by molar-refractivity contribution is -0.121. The van der Waals surface area contributed by atoms with Crippen molar-refractivity contribution in [1.29, 1.82) is 0 Å². The molecule has 0 saturated heterocycles. The summed E-state index contributed by atoms with van der Waals surface area (Å²) in [4.78, 5) is 39.4. The number of benzene rings is 3. The fourth-order valence-corrected chi connectivity index (χ4v) is 4.15. The maximum Gasteiger partial charge on any atom is 0.261 e. The highest BCUT2D eigenvalue weighted by molar-refractivity contribution is 6.25. The lowest BCUT2D eigenvalue weighted by Crippen LogP contribution is -2.41. The first-order chi connectivity index (χ1) is 14.5. The molecule has 1 N–H and O–H groups in total. The predicted octanol–water partition coefficient (Wildman–Crippen LogP) is 4.40. The number of imide groups is 1. The monoisotopic (exact) mass is 400 g/mol. The third-order valence-corrected chi connectivity index (χ3v) is 5.67. The second-order valence-electron chi connectivity index (χ2n) is 7.72. The average molecular weight is 400 g/mol. The first-order valence-corrected chi connectivity index (χ1v) is 10.2. The van der Waals surface area contributed by atoms with Crippen LogP contribution in [0.25, 0.3) is 10.8 Å². The fourth-order valence-electron chi connectivity index (χ4n) is 4.15. The molecule has 5 heteroatoms. The van der Waals surface area contributed by atoms with Crippen molar-refractivity contribution in [3.63, 3.8) is 0 Å². The smallest absolute Gasteiger partial charge is 0.261 e. The van der Waals surface area contributed by atoms with E-state index in [0.717, 1.165) is 21.9 Å². The van der Waals surface area contributed by atoms with Crippen molar-refractivity contribution in [1.82, 2.24) is 10.2 Å². The van der Waals surface area contributed by atoms with Crippen LogP contribution in [0, 0.1) is 6.92 Å². The van der Waals surface area contributed by atoms with E-state index < -0.39 is 0 Å². The van der Waals surface area contributed by atoms with Gasteiger partial charge in [0.1, 0.15) is 0 Å². The van der Waals surface area contributed by atoms with Crippen molar-refractivity contribution in [3.8, 4) is 0 Å². The number of carbonyl (C=O) groups is 3. The van der Waals surface area contributed by atoms with Gasteiger partial charge in [-0.2, -0.15) is 0 Å². The Morgan fingerprint density at radius 1 is 0.933 bits per heavy atom. The van der Waals surface area contributed by atoms with Crippen molar-refractivity contribution in [2.45, 2.75) is 32.7 Å². The Labute approximate surface area is 175 Å². The van der Waals surface area contributed by atoms with Gasteiger partial charge in [-0.25, -0.2) is 0 Å². The molecule has 1 atom stereocenters. The molecule has 1 unspecified atom stereocenters. The average Bonchev–Trinajstić information content (AvgIpc) is 2.74. The van der Waals surface area contributed by atoms with E-state index in [1.54, 1.807) is 12.1 Å². The van der Waals surface area contributed by atoms with Crippen LogP contribution in [0.3, 0.4) is 0 Å². The zero-order chi connectivity index (χ0) is 21.3. The summed E-state index contributed by atoms with van der Waals surface area (Å²) in [5.74, 6) is -0.680. The van der Waals surface area contributed by atoms with Crippen molar-refractivity contribution in [2.24, 2.45) is 0 Å². The Bertz CT molecular complexity index is 1100. The third kappa shape index (κ3) is 3.59. The fraction of sp³-hybridized carbons (Fsp3) is 0.240. The molecule has 0 aromatic heterocycles. The van der Waals surface area contributed by atoms with Gasteiger partial charge < -0.3 is 5.32 Å². The number of hydrogen-bond acceptors (Lipinski definition) is 3. The molecule has 0 radical (unpaired) electrons. The van der Waals surface area contributed by atoms with Gasteiger partial charge in [0.15, 0.2) is 0 Å². The zero-order valence-electron chi connectivity index (χ0n) is 17.1. The number of hydrogen-bond donors (Lipinski definition) is 1. The van der Waals surface area contributed by atoms with Crippen molar-refractivity contribution >= 4 is 28.5 Å². The molecule has 0 bridgehead atoms. The summed E-state index contributed by atoms with van der Waals surface area (Å²) in [6, 6.07) is 18.8. The molecule has 0 fully saturated rings. The van der Waals surface area contributed by atoms with Gasteiger partial charge in [0.25, 0.3) is 11.8 Å². The molecule has 4 rings (SSSR count). The molecule has 152 valence electrons. The normalized spacial score (nSPS) is 14.1. The summed E-state index contributed by atoms with van der Waals surface area (Å²) in [6.07, 6.45) is 0.668. The van der Waals surface area contributed by atoms with Crippen LogP contribution in [0.5, 0.6) is 0 Å². The summed E-state index contributed by atoms with van der Waals surface area (Å²) in [5.41, 5.74) is 3.29. The molecule has 0 aliphatic carbocycles. The van der Waals surface area contributed by atoms with Crippen molar-refractivity contribution in [2.75, 3.05) is 6.54 Å². The Hall–Kier alpha value is -3.47. The van der Waals surface area contributed by atoms with Crippen molar-refractivity contribution in [3.05, 3.63) is 82.9 Å². The number of aryl methyl sites for hydroxylation is 1. The van der Waals surface area contributed by atoms with Gasteiger partial charge in [-0.3, -0.25) is 19.3 Å². The Morgan fingerprint density at radius 2 is 1.57 bits per heavy atom. The van der Waals surface area contributed by atoms with Gasteiger partial charge in [0.05, 0.1) is 6.04 Å². The third-order valence-electron chi connectivity index (χ3n) is 5.67. The van der Waals surface area contributed by atoms with E-state index in [1.807, 2.05) is 62.4 Å². The van der Waals surface area contributed by atoms with E-state index in [-0.39, 0.29) is 36.7 Å². The Morgan fingerprint density at radius 3 is 2.20 bits per heavy atom. The minimum atomic E-state index is -0.294. The van der Waals surface area contributed by atoms with Gasteiger partial charge in [-0.15, -0.1) is 0 Å². The molecule has 1 heterocycles. The molecule has 3 amide bonds. The summed E-state index contributed by atoms with van der Waals surface area (Å²) in [7, 11) is 0. The zero-order valence-corrected chi connectivity index (χ0v) is 17.1. The van der Waals surface area contributed by atoms with Gasteiger partial charge in [-0.1, -0.05) is 48.5 Å². The number of carbonyl (C=O) groups excluding carboxylic acids is 3. The first-order valence-electron chi connectivity index (χ1n) is 10.2. The van der Waals surface area contributed by atoms with Crippen LogP contribution in [-0.2, 0) is 4.79 Å². The molecule has 5 nitrogen and oxygen atoms in total. The van der Waals surface area contributed by atoms with E-state index in [4.69, 9.17) is 0 Å². The second-order valence-corrected chi connectivity index (χ2v) is 7.72. The lowest BCUT2D eigenvalue weighted by Gasteiger charge is -2.27. The highest BCUT2D eigenvalue weighted by Crippen LogP contribution is 2.30. The van der Waals surface area contributed by atoms with Crippen LogP contribution in [0.2, 0.25) is 0 Å². The molecule has 1 aliphatic heterocycles. The summed E-state index contributed by atoms with van der Waals surface area (Å²) in [6.45, 7) is 4.19. The van der Waals surface area contributed by atoms with E-state index in [9.17, 15) is 14.4 Å². The molecule has 3 aromatic rings. The predicted molar refractivity (Wildman–Crippen MR) is 116 cm³/mol. The van der Waals surface area contributed by atoms with Gasteiger partial charge in [0, 0.05) is 29.5 Å². The van der Waals surface area contributed by atoms with Gasteiger partial charge in [0.2, 0.25) is 5.91 Å². The van der Waals surface area contributed by atoms with Crippen molar-refractivity contribution < 1.29 is 14.4 Å². The highest BCUT2D eigenvalue weighted by Gasteiger charge is 2.32. The summed E-state index contributed by atoms with van der Waals surface area (Å²) < 4.78 is 0. The van der Waals surface area contributed by atoms with E-state index >= 15 is 0 Å². The molecule has 0 spiro atoms. The lowest BCUT2D eigenvalue weighted by atomic mass is 9.94. The standard InChI is InChI=1S/C25H24N2O3/c1-16-8-3-4-11-19(16)17(2)26-22(28)14-7-15-27-24(29)20-12-5-9-18-10-6-13-21(23(18)20)25(27)30/h3-6,8-13,17H,7,14-15H2,1-2H3,(H,26,28). The number of amides is 3. The number of rotatable bonds is 6. The maximum absolute atomic E-state index is 12.9. The van der Waals surface area contributed by atoms with Gasteiger partial charge in [-0.05, 0) is 48.9 Å². The molecule has 0 saturated carbocycles. The summed E-state index contributed by atoms with van der Waals surface area (Å²) in [5, 5.41) is 4.61. The Balaban J connectivity index is 1.40. The minimum Gasteiger partial charge on any atom is -0.350 e. The van der Waals surface area contributed by atoms with Crippen LogP contribution < -0.4 is 5.32 Å². The largest absolute Gasteiger partial charge is 0.350 e. The molecule has 3 aromatic carbocycles. The first kappa shape index (κ1) is 19.8. The van der Waals surface area contributed by atoms with Crippen LogP contribution in [0.4, 0.5) is 0 Å². The molecule has 30 heavy (non-hydrogen) atoms. The quantitative estimate of drug-likeness (QED) is 0.624. The highest BCUT2D eigenvalue weighted by atomic mass is 16.2. The van der Waals surface area contributed by atoms with Crippen LogP contribution in [0.15, 0.2) is 60.7 Å². The van der Waals surface area contributed by atoms with Crippen LogP contribution in [-0.4, -0.2) is 29.2 Å². The SMILES string of the molecule is Cc1ccccc1C(C)NC(=O)CCCN1C(=O)c2cccc3cccc(c23)C1=O. The van der Waals surface area contributed by atoms with Crippen LogP contribution in [0.1, 0.15) is 57.7 Å². The van der Waals surface area contributed by atoms with E-state index in [2.05, 4.69) is 5.32 Å². The molecular weight excluding hydrogens is 376 g/mol. The Kier molecular flexibility index (Phi) is 5.36. The van der Waals surface area contributed by atoms with Gasteiger partial charge >= 0.3 is 0 Å². The second kappa shape index (κ2) is 8.11. The number of nitrogens with one attached hydrogen (secondary N) is 1. The maximum atomic E-state index is 12.9. The van der Waals surface area contributed by atoms with E-state index in [1.165, 1.54) is 4.90 Å². The van der Waals surface area contributed by atoms with E-state index in [0.29, 0.717) is 17.5 Å².